The fraction of sp³-hybridized carbons (Fsp3) is 0.115. The van der Waals surface area contributed by atoms with Crippen molar-refractivity contribution in [2.75, 3.05) is 19.0 Å². The highest BCUT2D eigenvalue weighted by Crippen LogP contribution is 2.35. The number of ether oxygens (including phenoxy) is 2. The summed E-state index contributed by atoms with van der Waals surface area (Å²) in [5, 5.41) is 2.22. The Morgan fingerprint density at radius 1 is 1.03 bits per heavy atom. The quantitative estimate of drug-likeness (QED) is 0.231. The van der Waals surface area contributed by atoms with Crippen molar-refractivity contribution in [3.8, 4) is 11.5 Å². The zero-order chi connectivity index (χ0) is 28.3. The molecule has 1 saturated heterocycles. The van der Waals surface area contributed by atoms with Gasteiger partial charge in [-0.25, -0.2) is 13.2 Å². The van der Waals surface area contributed by atoms with E-state index in [9.17, 15) is 27.6 Å². The molecule has 1 N–H and O–H groups in total. The Bertz CT molecular complexity index is 1520. The van der Waals surface area contributed by atoms with E-state index in [1.54, 1.807) is 36.4 Å². The second kappa shape index (κ2) is 12.0. The van der Waals surface area contributed by atoms with Crippen LogP contribution in [0.4, 0.5) is 23.7 Å². The molecule has 3 aromatic rings. The number of carbonyl (C=O) groups excluding carboxylic acids is 3. The molecule has 0 aliphatic carbocycles. The lowest BCUT2D eigenvalue weighted by molar-refractivity contribution is -0.127. The number of methoxy groups -OCH3 is 1. The third-order valence-corrected chi connectivity index (χ3v) is 6.86. The standard InChI is InChI=1S/C26H17Cl2F3N2O5S/c1-37-20-8-13(2-7-19(20)38-12-14-3-4-15(27)10-16(14)28)9-21-25(35)33(26(36)39-21)11-22(34)32-18-6-5-17(29)23(30)24(18)31/h2-10H,11-12H2,1H3,(H,32,34)/b21-9+. The zero-order valence-corrected chi connectivity index (χ0v) is 22.2. The highest BCUT2D eigenvalue weighted by atomic mass is 35.5. The molecule has 0 bridgehead atoms. The van der Waals surface area contributed by atoms with Crippen molar-refractivity contribution in [3.05, 3.63) is 92.1 Å². The van der Waals surface area contributed by atoms with Crippen LogP contribution in [0.25, 0.3) is 6.08 Å². The van der Waals surface area contributed by atoms with E-state index in [4.69, 9.17) is 32.7 Å². The number of amides is 3. The van der Waals surface area contributed by atoms with Crippen LogP contribution < -0.4 is 14.8 Å². The first-order valence-electron chi connectivity index (χ1n) is 11.0. The fourth-order valence-corrected chi connectivity index (χ4v) is 4.73. The van der Waals surface area contributed by atoms with E-state index in [1.807, 2.05) is 5.32 Å². The molecule has 0 radical (unpaired) electrons. The van der Waals surface area contributed by atoms with Gasteiger partial charge in [0.25, 0.3) is 11.1 Å². The Hall–Kier alpha value is -3.67. The average Bonchev–Trinajstić information content (AvgIpc) is 3.16. The van der Waals surface area contributed by atoms with Crippen LogP contribution in [0.3, 0.4) is 0 Å². The van der Waals surface area contributed by atoms with Crippen LogP contribution in [0.2, 0.25) is 10.0 Å². The minimum Gasteiger partial charge on any atom is -0.493 e. The lowest BCUT2D eigenvalue weighted by Crippen LogP contribution is -2.36. The van der Waals surface area contributed by atoms with Crippen LogP contribution in [0.5, 0.6) is 11.5 Å². The summed E-state index contributed by atoms with van der Waals surface area (Å²) < 4.78 is 51.5. The van der Waals surface area contributed by atoms with Gasteiger partial charge in [0.1, 0.15) is 13.2 Å². The van der Waals surface area contributed by atoms with E-state index < -0.39 is 46.7 Å². The number of anilines is 1. The number of nitrogens with one attached hydrogen (secondary N) is 1. The number of halogens is 5. The van der Waals surface area contributed by atoms with Gasteiger partial charge in [-0.15, -0.1) is 0 Å². The monoisotopic (exact) mass is 596 g/mol. The van der Waals surface area contributed by atoms with Crippen molar-refractivity contribution >= 4 is 63.8 Å². The van der Waals surface area contributed by atoms with Crippen LogP contribution in [-0.2, 0) is 16.2 Å². The molecule has 1 aliphatic heterocycles. The maximum absolute atomic E-state index is 13.8. The summed E-state index contributed by atoms with van der Waals surface area (Å²) in [6.07, 6.45) is 1.43. The van der Waals surface area contributed by atoms with Gasteiger partial charge in [-0.3, -0.25) is 19.3 Å². The Morgan fingerprint density at radius 3 is 2.51 bits per heavy atom. The first kappa shape index (κ1) is 28.3. The number of thioether (sulfide) groups is 1. The predicted molar refractivity (Wildman–Crippen MR) is 141 cm³/mol. The SMILES string of the molecule is COc1cc(/C=C2/SC(=O)N(CC(=O)Nc3ccc(F)c(F)c3F)C2=O)ccc1OCc1ccc(Cl)cc1Cl. The second-order valence-corrected chi connectivity index (χ2v) is 9.81. The minimum atomic E-state index is -1.76. The topological polar surface area (TPSA) is 84.9 Å². The van der Waals surface area contributed by atoms with Gasteiger partial charge in [-0.1, -0.05) is 35.3 Å². The van der Waals surface area contributed by atoms with Crippen molar-refractivity contribution in [2.24, 2.45) is 0 Å². The average molecular weight is 597 g/mol. The highest BCUT2D eigenvalue weighted by Gasteiger charge is 2.36. The Balaban J connectivity index is 1.44. The Morgan fingerprint density at radius 2 is 1.79 bits per heavy atom. The molecule has 39 heavy (non-hydrogen) atoms. The molecule has 0 atom stereocenters. The van der Waals surface area contributed by atoms with Crippen LogP contribution in [0.15, 0.2) is 53.4 Å². The number of nitrogens with zero attached hydrogens (tertiary/aromatic N) is 1. The summed E-state index contributed by atoms with van der Waals surface area (Å²) in [5.41, 5.74) is 0.578. The maximum Gasteiger partial charge on any atom is 0.294 e. The van der Waals surface area contributed by atoms with E-state index in [1.165, 1.54) is 13.2 Å². The zero-order valence-electron chi connectivity index (χ0n) is 19.9. The Kier molecular flexibility index (Phi) is 8.73. The molecule has 0 aromatic heterocycles. The summed E-state index contributed by atoms with van der Waals surface area (Å²) in [6.45, 7) is -0.620. The molecular formula is C26H17Cl2F3N2O5S. The number of carbonyl (C=O) groups is 3. The summed E-state index contributed by atoms with van der Waals surface area (Å²) in [6, 6.07) is 11.3. The molecule has 1 heterocycles. The van der Waals surface area contributed by atoms with Gasteiger partial charge >= 0.3 is 0 Å². The number of imide groups is 1. The van der Waals surface area contributed by atoms with E-state index >= 15 is 0 Å². The molecule has 4 rings (SSSR count). The van der Waals surface area contributed by atoms with E-state index in [2.05, 4.69) is 0 Å². The lowest BCUT2D eigenvalue weighted by Gasteiger charge is -2.13. The van der Waals surface area contributed by atoms with Gasteiger partial charge in [0.15, 0.2) is 29.0 Å². The van der Waals surface area contributed by atoms with Crippen molar-refractivity contribution in [1.29, 1.82) is 0 Å². The Labute approximate surface area is 234 Å². The van der Waals surface area contributed by atoms with Gasteiger partial charge < -0.3 is 14.8 Å². The molecule has 202 valence electrons. The molecular weight excluding hydrogens is 580 g/mol. The number of hydrogen-bond donors (Lipinski definition) is 1. The third kappa shape index (κ3) is 6.49. The molecule has 0 saturated carbocycles. The van der Waals surface area contributed by atoms with Gasteiger partial charge in [0, 0.05) is 15.6 Å². The van der Waals surface area contributed by atoms with Crippen LogP contribution in [0.1, 0.15) is 11.1 Å². The normalized spacial score (nSPS) is 14.2. The first-order chi connectivity index (χ1) is 18.6. The predicted octanol–water partition coefficient (Wildman–Crippen LogP) is 6.67. The molecule has 1 fully saturated rings. The van der Waals surface area contributed by atoms with Crippen LogP contribution in [-0.4, -0.2) is 35.6 Å². The van der Waals surface area contributed by atoms with Gasteiger partial charge in [-0.05, 0) is 59.8 Å². The number of hydrogen-bond acceptors (Lipinski definition) is 6. The number of rotatable bonds is 8. The van der Waals surface area contributed by atoms with E-state index in [0.717, 1.165) is 6.07 Å². The highest BCUT2D eigenvalue weighted by molar-refractivity contribution is 8.18. The minimum absolute atomic E-state index is 0.0236. The van der Waals surface area contributed by atoms with Crippen LogP contribution in [0, 0.1) is 17.5 Å². The molecule has 3 aromatic carbocycles. The smallest absolute Gasteiger partial charge is 0.294 e. The number of benzene rings is 3. The van der Waals surface area contributed by atoms with Gasteiger partial charge in [-0.2, -0.15) is 0 Å². The van der Waals surface area contributed by atoms with Crippen molar-refractivity contribution in [2.45, 2.75) is 6.61 Å². The largest absolute Gasteiger partial charge is 0.493 e. The van der Waals surface area contributed by atoms with Gasteiger partial charge in [0.2, 0.25) is 5.91 Å². The molecule has 3 amide bonds. The van der Waals surface area contributed by atoms with E-state index in [-0.39, 0.29) is 11.5 Å². The van der Waals surface area contributed by atoms with Gasteiger partial charge in [0.05, 0.1) is 17.7 Å². The summed E-state index contributed by atoms with van der Waals surface area (Å²) in [5.74, 6) is -5.78. The van der Waals surface area contributed by atoms with E-state index in [0.29, 0.717) is 55.4 Å². The molecule has 0 unspecified atom stereocenters. The summed E-state index contributed by atoms with van der Waals surface area (Å²) >= 11 is 12.7. The fourth-order valence-electron chi connectivity index (χ4n) is 3.43. The molecule has 0 spiro atoms. The lowest BCUT2D eigenvalue weighted by atomic mass is 10.1. The first-order valence-corrected chi connectivity index (χ1v) is 12.6. The summed E-state index contributed by atoms with van der Waals surface area (Å²) in [7, 11) is 1.43. The molecule has 7 nitrogen and oxygen atoms in total. The second-order valence-electron chi connectivity index (χ2n) is 7.97. The van der Waals surface area contributed by atoms with Crippen LogP contribution >= 0.6 is 35.0 Å². The third-order valence-electron chi connectivity index (χ3n) is 5.37. The van der Waals surface area contributed by atoms with Crippen molar-refractivity contribution < 1.29 is 37.0 Å². The van der Waals surface area contributed by atoms with Crippen molar-refractivity contribution in [3.63, 3.8) is 0 Å². The summed E-state index contributed by atoms with van der Waals surface area (Å²) in [4.78, 5) is 38.1. The molecule has 1 aliphatic rings. The molecule has 13 heteroatoms. The maximum atomic E-state index is 13.8. The van der Waals surface area contributed by atoms with Crippen molar-refractivity contribution in [1.82, 2.24) is 4.90 Å².